The number of hydrazine groups is 1. The number of benzene rings is 2. The fraction of sp³-hybridized carbons (Fsp3) is 0.100. The molecule has 0 atom stereocenters. The smallest absolute Gasteiger partial charge is 0.0570 e. The van der Waals surface area contributed by atoms with Crippen molar-refractivity contribution in [2.75, 3.05) is 12.1 Å². The van der Waals surface area contributed by atoms with Crippen molar-refractivity contribution in [2.45, 2.75) is 6.92 Å². The van der Waals surface area contributed by atoms with E-state index < -0.39 is 0 Å². The number of terminal acetylenes is 1. The van der Waals surface area contributed by atoms with Gasteiger partial charge in [0, 0.05) is 18.8 Å². The summed E-state index contributed by atoms with van der Waals surface area (Å²) in [6.45, 7) is 2.03. The van der Waals surface area contributed by atoms with Gasteiger partial charge in [0.25, 0.3) is 0 Å². The third-order valence-electron chi connectivity index (χ3n) is 3.34. The van der Waals surface area contributed by atoms with Gasteiger partial charge in [0.05, 0.1) is 5.69 Å². The first-order chi connectivity index (χ1) is 10.8. The van der Waals surface area contributed by atoms with E-state index in [0.717, 1.165) is 22.4 Å². The molecule has 0 saturated carbocycles. The fourth-order valence-electron chi connectivity index (χ4n) is 2.21. The summed E-state index contributed by atoms with van der Waals surface area (Å²) < 4.78 is 0. The first-order valence-electron chi connectivity index (χ1n) is 7.18. The molecule has 2 aromatic rings. The van der Waals surface area contributed by atoms with E-state index in [4.69, 9.17) is 6.42 Å². The second kappa shape index (κ2) is 7.87. The van der Waals surface area contributed by atoms with Gasteiger partial charge in [-0.3, -0.25) is 5.01 Å². The highest BCUT2D eigenvalue weighted by molar-refractivity contribution is 5.80. The lowest BCUT2D eigenvalue weighted by Crippen LogP contribution is -2.29. The van der Waals surface area contributed by atoms with Crippen molar-refractivity contribution in [2.24, 2.45) is 0 Å². The van der Waals surface area contributed by atoms with Crippen molar-refractivity contribution in [1.82, 2.24) is 5.43 Å². The quantitative estimate of drug-likeness (QED) is 0.503. The van der Waals surface area contributed by atoms with Crippen LogP contribution in [0.2, 0.25) is 0 Å². The van der Waals surface area contributed by atoms with Gasteiger partial charge in [-0.1, -0.05) is 54.5 Å². The van der Waals surface area contributed by atoms with Crippen molar-refractivity contribution in [3.8, 4) is 12.3 Å². The zero-order chi connectivity index (χ0) is 15.8. The van der Waals surface area contributed by atoms with Crippen LogP contribution in [0.15, 0.2) is 78.5 Å². The first kappa shape index (κ1) is 15.6. The van der Waals surface area contributed by atoms with Crippen LogP contribution in [0.1, 0.15) is 12.5 Å². The maximum Gasteiger partial charge on any atom is 0.0570 e. The summed E-state index contributed by atoms with van der Waals surface area (Å²) in [5.41, 5.74) is 7.51. The van der Waals surface area contributed by atoms with Crippen LogP contribution in [0, 0.1) is 12.3 Å². The Kier molecular flexibility index (Phi) is 5.59. The van der Waals surface area contributed by atoms with Gasteiger partial charge >= 0.3 is 0 Å². The number of rotatable bonds is 5. The van der Waals surface area contributed by atoms with E-state index in [1.165, 1.54) is 0 Å². The van der Waals surface area contributed by atoms with Crippen molar-refractivity contribution in [3.05, 3.63) is 84.1 Å². The summed E-state index contributed by atoms with van der Waals surface area (Å²) in [7, 11) is 1.90. The molecule has 0 amide bonds. The summed E-state index contributed by atoms with van der Waals surface area (Å²) >= 11 is 0. The highest BCUT2D eigenvalue weighted by Gasteiger charge is 2.07. The molecule has 2 heteroatoms. The lowest BCUT2D eigenvalue weighted by atomic mass is 9.99. The van der Waals surface area contributed by atoms with Crippen LogP contribution in [0.25, 0.3) is 5.57 Å². The predicted molar refractivity (Wildman–Crippen MR) is 95.0 cm³/mol. The lowest BCUT2D eigenvalue weighted by Gasteiger charge is -2.21. The Hall–Kier alpha value is -2.76. The summed E-state index contributed by atoms with van der Waals surface area (Å²) in [6.07, 6.45) is 9.29. The molecule has 0 fully saturated rings. The van der Waals surface area contributed by atoms with Gasteiger partial charge < -0.3 is 0 Å². The highest BCUT2D eigenvalue weighted by atomic mass is 15.5. The molecule has 22 heavy (non-hydrogen) atoms. The number of hydrogen-bond donors (Lipinski definition) is 1. The Balaban J connectivity index is 2.48. The molecule has 0 saturated heterocycles. The first-order valence-corrected chi connectivity index (χ1v) is 7.18. The minimum absolute atomic E-state index is 1.05. The Morgan fingerprint density at radius 2 is 1.64 bits per heavy atom. The van der Waals surface area contributed by atoms with Crippen molar-refractivity contribution < 1.29 is 0 Å². The Labute approximate surface area is 132 Å². The van der Waals surface area contributed by atoms with Crippen molar-refractivity contribution in [1.29, 1.82) is 0 Å². The van der Waals surface area contributed by atoms with E-state index >= 15 is 0 Å². The molecule has 0 aliphatic rings. The number of anilines is 1. The van der Waals surface area contributed by atoms with Crippen molar-refractivity contribution in [3.63, 3.8) is 0 Å². The second-order valence-corrected chi connectivity index (χ2v) is 4.83. The molecule has 0 spiro atoms. The standard InChI is InChI=1S/C20H20N2/c1-4-11-17(2)20(18-12-7-5-8-13-18)16-22(21-3)19-14-9-6-10-15-19/h1,5-16,21H,2-3H3/b17-11+,20-16+. The molecule has 2 nitrogen and oxygen atoms in total. The number of hydrogen-bond acceptors (Lipinski definition) is 2. The van der Waals surface area contributed by atoms with Gasteiger partial charge in [0.2, 0.25) is 0 Å². The van der Waals surface area contributed by atoms with Gasteiger partial charge in [-0.15, -0.1) is 6.42 Å². The van der Waals surface area contributed by atoms with E-state index in [1.54, 1.807) is 6.08 Å². The third kappa shape index (κ3) is 3.88. The van der Waals surface area contributed by atoms with E-state index in [9.17, 15) is 0 Å². The van der Waals surface area contributed by atoms with Gasteiger partial charge in [-0.25, -0.2) is 5.43 Å². The van der Waals surface area contributed by atoms with Gasteiger partial charge in [-0.2, -0.15) is 0 Å². The van der Waals surface area contributed by atoms with Crippen LogP contribution >= 0.6 is 0 Å². The number of nitrogens with one attached hydrogen (secondary N) is 1. The topological polar surface area (TPSA) is 15.3 Å². The largest absolute Gasteiger partial charge is 0.284 e. The maximum atomic E-state index is 5.44. The van der Waals surface area contributed by atoms with E-state index in [0.29, 0.717) is 0 Å². The average molecular weight is 288 g/mol. The molecule has 0 aliphatic carbocycles. The lowest BCUT2D eigenvalue weighted by molar-refractivity contribution is 0.828. The van der Waals surface area contributed by atoms with Crippen LogP contribution in [0.5, 0.6) is 0 Å². The molecular weight excluding hydrogens is 268 g/mol. The molecule has 110 valence electrons. The molecule has 0 bridgehead atoms. The fourth-order valence-corrected chi connectivity index (χ4v) is 2.21. The molecule has 0 radical (unpaired) electrons. The van der Waals surface area contributed by atoms with Gasteiger partial charge in [0.1, 0.15) is 0 Å². The predicted octanol–water partition coefficient (Wildman–Crippen LogP) is 4.25. The zero-order valence-electron chi connectivity index (χ0n) is 13.0. The Morgan fingerprint density at radius 3 is 2.18 bits per heavy atom. The minimum Gasteiger partial charge on any atom is -0.284 e. The molecule has 0 unspecified atom stereocenters. The molecule has 0 aliphatic heterocycles. The summed E-state index contributed by atoms with van der Waals surface area (Å²) in [4.78, 5) is 0. The monoisotopic (exact) mass is 288 g/mol. The molecule has 0 heterocycles. The summed E-state index contributed by atoms with van der Waals surface area (Å²) in [5.74, 6) is 2.61. The maximum absolute atomic E-state index is 5.44. The highest BCUT2D eigenvalue weighted by Crippen LogP contribution is 2.24. The summed E-state index contributed by atoms with van der Waals surface area (Å²) in [6, 6.07) is 20.4. The van der Waals surface area contributed by atoms with E-state index in [2.05, 4.69) is 41.8 Å². The van der Waals surface area contributed by atoms with E-state index in [1.807, 2.05) is 55.4 Å². The Morgan fingerprint density at radius 1 is 1.05 bits per heavy atom. The molecule has 1 N–H and O–H groups in total. The van der Waals surface area contributed by atoms with Crippen LogP contribution < -0.4 is 10.4 Å². The number of para-hydroxylation sites is 1. The van der Waals surface area contributed by atoms with E-state index in [-0.39, 0.29) is 0 Å². The molecule has 0 aromatic heterocycles. The molecular formula is C20H20N2. The van der Waals surface area contributed by atoms with Crippen LogP contribution in [-0.2, 0) is 0 Å². The van der Waals surface area contributed by atoms with Gasteiger partial charge in [0.15, 0.2) is 0 Å². The third-order valence-corrected chi connectivity index (χ3v) is 3.34. The minimum atomic E-state index is 1.05. The second-order valence-electron chi connectivity index (χ2n) is 4.83. The van der Waals surface area contributed by atoms with Crippen LogP contribution in [-0.4, -0.2) is 7.05 Å². The Bertz CT molecular complexity index is 691. The van der Waals surface area contributed by atoms with Crippen molar-refractivity contribution >= 4 is 11.3 Å². The normalized spacial score (nSPS) is 11.9. The molecule has 2 rings (SSSR count). The van der Waals surface area contributed by atoms with Gasteiger partial charge in [-0.05, 0) is 36.3 Å². The SMILES string of the molecule is C#C/C=C(C)/C(=C\N(NC)c1ccccc1)c1ccccc1. The van der Waals surface area contributed by atoms with Crippen LogP contribution in [0.4, 0.5) is 5.69 Å². The number of allylic oxidation sites excluding steroid dienone is 3. The number of nitrogens with zero attached hydrogens (tertiary/aromatic N) is 1. The zero-order valence-corrected chi connectivity index (χ0v) is 13.0. The van der Waals surface area contributed by atoms with Crippen LogP contribution in [0.3, 0.4) is 0 Å². The average Bonchev–Trinajstić information content (AvgIpc) is 2.57. The molecule has 2 aromatic carbocycles. The summed E-state index contributed by atoms with van der Waals surface area (Å²) in [5, 5.41) is 1.98.